The average molecular weight is 328 g/mol. The smallest absolute Gasteiger partial charge is 0.187 e. The molecule has 1 N–H and O–H groups in total. The van der Waals surface area contributed by atoms with E-state index in [1.165, 1.54) is 0 Å². The zero-order chi connectivity index (χ0) is 17.3. The Morgan fingerprint density at radius 3 is 2.12 bits per heavy atom. The number of hydrogen-bond acceptors (Lipinski definition) is 3. The minimum atomic E-state index is -0.00945. The van der Waals surface area contributed by atoms with Gasteiger partial charge < -0.3 is 5.32 Å². The van der Waals surface area contributed by atoms with Gasteiger partial charge in [-0.3, -0.25) is 9.78 Å². The molecule has 0 aliphatic rings. The van der Waals surface area contributed by atoms with E-state index in [-0.39, 0.29) is 5.78 Å². The largest absolute Gasteiger partial charge is 0.384 e. The van der Waals surface area contributed by atoms with Gasteiger partial charge in [0.1, 0.15) is 0 Å². The molecule has 0 amide bonds. The summed E-state index contributed by atoms with van der Waals surface area (Å²) in [6.45, 7) is 0.708. The van der Waals surface area contributed by atoms with E-state index in [0.29, 0.717) is 12.1 Å². The fourth-order valence-corrected chi connectivity index (χ4v) is 2.54. The van der Waals surface area contributed by atoms with E-state index in [0.717, 1.165) is 23.4 Å². The molecule has 0 aliphatic carbocycles. The lowest BCUT2D eigenvalue weighted by Crippen LogP contribution is -2.17. The van der Waals surface area contributed by atoms with Crippen molar-refractivity contribution in [2.24, 2.45) is 0 Å². The zero-order valence-electron chi connectivity index (χ0n) is 13.9. The van der Waals surface area contributed by atoms with Crippen molar-refractivity contribution in [1.82, 2.24) is 10.3 Å². The number of nitrogens with one attached hydrogen (secondary N) is 1. The molecule has 0 saturated heterocycles. The second-order valence-corrected chi connectivity index (χ2v) is 5.65. The first-order chi connectivity index (χ1) is 12.3. The highest BCUT2D eigenvalue weighted by molar-refractivity contribution is 6.08. The minimum absolute atomic E-state index is 0.00945. The number of rotatable bonds is 7. The fourth-order valence-electron chi connectivity index (χ4n) is 2.54. The second-order valence-electron chi connectivity index (χ2n) is 5.65. The van der Waals surface area contributed by atoms with Crippen LogP contribution in [0.5, 0.6) is 0 Å². The van der Waals surface area contributed by atoms with Crippen LogP contribution in [0.3, 0.4) is 0 Å². The Morgan fingerprint density at radius 1 is 0.840 bits per heavy atom. The van der Waals surface area contributed by atoms with Crippen LogP contribution in [-0.4, -0.2) is 17.3 Å². The molecule has 0 fully saturated rings. The third-order valence-electron chi connectivity index (χ3n) is 3.84. The number of hydrogen-bond donors (Lipinski definition) is 1. The Balaban J connectivity index is 1.76. The summed E-state index contributed by atoms with van der Waals surface area (Å²) in [7, 11) is 0. The van der Waals surface area contributed by atoms with Crippen molar-refractivity contribution >= 4 is 11.5 Å². The van der Waals surface area contributed by atoms with Crippen LogP contribution in [0.4, 0.5) is 0 Å². The number of nitrogens with zero attached hydrogens (tertiary/aromatic N) is 1. The SMILES string of the molecule is O=C(C=C(NCCc1ccccn1)c1ccccc1)c1ccccc1. The van der Waals surface area contributed by atoms with E-state index in [2.05, 4.69) is 10.3 Å². The Morgan fingerprint density at radius 2 is 1.48 bits per heavy atom. The summed E-state index contributed by atoms with van der Waals surface area (Å²) < 4.78 is 0. The van der Waals surface area contributed by atoms with E-state index in [4.69, 9.17) is 0 Å². The van der Waals surface area contributed by atoms with Crippen LogP contribution in [0.25, 0.3) is 5.70 Å². The first kappa shape index (κ1) is 16.7. The maximum atomic E-state index is 12.5. The number of pyridine rings is 1. The van der Waals surface area contributed by atoms with Gasteiger partial charge in [0, 0.05) is 42.2 Å². The van der Waals surface area contributed by atoms with Crippen LogP contribution in [0.1, 0.15) is 21.6 Å². The molecule has 25 heavy (non-hydrogen) atoms. The first-order valence-corrected chi connectivity index (χ1v) is 8.33. The van der Waals surface area contributed by atoms with Crippen molar-refractivity contribution in [3.8, 4) is 0 Å². The summed E-state index contributed by atoms with van der Waals surface area (Å²) in [5.41, 5.74) is 3.53. The normalized spacial score (nSPS) is 11.1. The highest BCUT2D eigenvalue weighted by Gasteiger charge is 2.07. The molecule has 3 heteroatoms. The van der Waals surface area contributed by atoms with Crippen molar-refractivity contribution in [3.05, 3.63) is 108 Å². The maximum Gasteiger partial charge on any atom is 0.187 e. The molecule has 2 aromatic carbocycles. The Kier molecular flexibility index (Phi) is 5.73. The minimum Gasteiger partial charge on any atom is -0.384 e. The maximum absolute atomic E-state index is 12.5. The summed E-state index contributed by atoms with van der Waals surface area (Å²) in [6, 6.07) is 25.1. The van der Waals surface area contributed by atoms with Gasteiger partial charge in [0.2, 0.25) is 0 Å². The van der Waals surface area contributed by atoms with Gasteiger partial charge in [-0.2, -0.15) is 0 Å². The van der Waals surface area contributed by atoms with E-state index in [1.807, 2.05) is 78.9 Å². The molecule has 0 atom stereocenters. The highest BCUT2D eigenvalue weighted by Crippen LogP contribution is 2.13. The van der Waals surface area contributed by atoms with Gasteiger partial charge in [0.25, 0.3) is 0 Å². The third-order valence-corrected chi connectivity index (χ3v) is 3.84. The van der Waals surface area contributed by atoms with Gasteiger partial charge >= 0.3 is 0 Å². The predicted octanol–water partition coefficient (Wildman–Crippen LogP) is 4.14. The number of carbonyl (C=O) groups is 1. The molecule has 0 aliphatic heterocycles. The quantitative estimate of drug-likeness (QED) is 0.523. The molecular weight excluding hydrogens is 308 g/mol. The molecule has 124 valence electrons. The van der Waals surface area contributed by atoms with E-state index >= 15 is 0 Å². The standard InChI is InChI=1S/C22H20N2O/c25-22(19-11-5-2-6-12-19)17-21(18-9-3-1-4-10-18)24-16-14-20-13-7-8-15-23-20/h1-13,15,17,24H,14,16H2. The molecule has 1 heterocycles. The Labute approximate surface area is 148 Å². The summed E-state index contributed by atoms with van der Waals surface area (Å²) in [5.74, 6) is -0.00945. The third kappa shape index (κ3) is 4.88. The molecule has 0 saturated carbocycles. The molecule has 0 spiro atoms. The fraction of sp³-hybridized carbons (Fsp3) is 0.0909. The molecule has 1 aromatic heterocycles. The number of benzene rings is 2. The topological polar surface area (TPSA) is 42.0 Å². The van der Waals surface area contributed by atoms with Crippen LogP contribution in [0.15, 0.2) is 91.1 Å². The number of aromatic nitrogens is 1. The molecule has 0 unspecified atom stereocenters. The molecular formula is C22H20N2O. The Bertz CT molecular complexity index is 828. The van der Waals surface area contributed by atoms with Crippen LogP contribution >= 0.6 is 0 Å². The lowest BCUT2D eigenvalue weighted by atomic mass is 10.1. The zero-order valence-corrected chi connectivity index (χ0v) is 13.9. The van der Waals surface area contributed by atoms with Gasteiger partial charge in [-0.1, -0.05) is 66.7 Å². The summed E-state index contributed by atoms with van der Waals surface area (Å²) in [5, 5.41) is 3.39. The van der Waals surface area contributed by atoms with Crippen molar-refractivity contribution in [1.29, 1.82) is 0 Å². The van der Waals surface area contributed by atoms with Gasteiger partial charge in [-0.15, -0.1) is 0 Å². The lowest BCUT2D eigenvalue weighted by Gasteiger charge is -2.11. The van der Waals surface area contributed by atoms with Crippen molar-refractivity contribution in [2.75, 3.05) is 6.54 Å². The summed E-state index contributed by atoms with van der Waals surface area (Å²) in [4.78, 5) is 16.9. The van der Waals surface area contributed by atoms with Gasteiger partial charge in [-0.25, -0.2) is 0 Å². The monoisotopic (exact) mass is 328 g/mol. The van der Waals surface area contributed by atoms with Crippen molar-refractivity contribution in [3.63, 3.8) is 0 Å². The number of ketones is 1. The highest BCUT2D eigenvalue weighted by atomic mass is 16.1. The molecule has 0 radical (unpaired) electrons. The molecule has 3 rings (SSSR count). The average Bonchev–Trinajstić information content (AvgIpc) is 2.69. The van der Waals surface area contributed by atoms with Gasteiger partial charge in [0.05, 0.1) is 0 Å². The molecule has 3 nitrogen and oxygen atoms in total. The number of carbonyl (C=O) groups excluding carboxylic acids is 1. The summed E-state index contributed by atoms with van der Waals surface area (Å²) >= 11 is 0. The van der Waals surface area contributed by atoms with E-state index < -0.39 is 0 Å². The van der Waals surface area contributed by atoms with Crippen LogP contribution in [-0.2, 0) is 6.42 Å². The van der Waals surface area contributed by atoms with Gasteiger partial charge in [0.15, 0.2) is 5.78 Å². The van der Waals surface area contributed by atoms with Gasteiger partial charge in [-0.05, 0) is 17.7 Å². The number of allylic oxidation sites excluding steroid dienone is 1. The lowest BCUT2D eigenvalue weighted by molar-refractivity contribution is 0.104. The van der Waals surface area contributed by atoms with Crippen LogP contribution in [0, 0.1) is 0 Å². The van der Waals surface area contributed by atoms with Crippen molar-refractivity contribution < 1.29 is 4.79 Å². The first-order valence-electron chi connectivity index (χ1n) is 8.33. The van der Waals surface area contributed by atoms with E-state index in [1.54, 1.807) is 12.3 Å². The second kappa shape index (κ2) is 8.60. The predicted molar refractivity (Wildman–Crippen MR) is 101 cm³/mol. The van der Waals surface area contributed by atoms with Crippen LogP contribution < -0.4 is 5.32 Å². The molecule has 3 aromatic rings. The van der Waals surface area contributed by atoms with Crippen LogP contribution in [0.2, 0.25) is 0 Å². The van der Waals surface area contributed by atoms with E-state index in [9.17, 15) is 4.79 Å². The molecule has 0 bridgehead atoms. The van der Waals surface area contributed by atoms with Crippen molar-refractivity contribution in [2.45, 2.75) is 6.42 Å². The summed E-state index contributed by atoms with van der Waals surface area (Å²) in [6.07, 6.45) is 4.26. The Hall–Kier alpha value is -3.20.